The third-order valence-corrected chi connectivity index (χ3v) is 10.5. The van der Waals surface area contributed by atoms with Crippen LogP contribution in [-0.2, 0) is 18.9 Å². The smallest absolute Gasteiger partial charge is 0.165 e. The summed E-state index contributed by atoms with van der Waals surface area (Å²) in [4.78, 5) is 0. The highest BCUT2D eigenvalue weighted by Crippen LogP contribution is 2.58. The van der Waals surface area contributed by atoms with E-state index in [0.29, 0.717) is 37.5 Å². The van der Waals surface area contributed by atoms with E-state index in [4.69, 9.17) is 24.7 Å². The van der Waals surface area contributed by atoms with Crippen molar-refractivity contribution >= 4 is 0 Å². The fourth-order valence-electron chi connectivity index (χ4n) is 8.53. The van der Waals surface area contributed by atoms with Crippen LogP contribution in [0.5, 0.6) is 0 Å². The predicted molar refractivity (Wildman–Crippen MR) is 146 cm³/mol. The summed E-state index contributed by atoms with van der Waals surface area (Å²) in [6.45, 7) is 11.4. The zero-order chi connectivity index (χ0) is 27.2. The number of rotatable bonds is 9. The molecule has 38 heavy (non-hydrogen) atoms. The molecule has 7 heteroatoms. The minimum absolute atomic E-state index is 0.0648. The number of ether oxygens (including phenoxy) is 4. The molecule has 0 bridgehead atoms. The summed E-state index contributed by atoms with van der Waals surface area (Å²) < 4.78 is 24.3. The predicted octanol–water partition coefficient (Wildman–Crippen LogP) is 3.82. The van der Waals surface area contributed by atoms with E-state index in [1.165, 1.54) is 16.7 Å². The summed E-state index contributed by atoms with van der Waals surface area (Å²) in [5.74, 6) is 0.685. The van der Waals surface area contributed by atoms with Crippen molar-refractivity contribution in [1.82, 2.24) is 0 Å². The molecule has 7 nitrogen and oxygen atoms in total. The van der Waals surface area contributed by atoms with Crippen LogP contribution in [0.2, 0.25) is 0 Å². The number of aliphatic hydroxyl groups excluding tert-OH is 2. The monoisotopic (exact) mass is 533 g/mol. The fourth-order valence-corrected chi connectivity index (χ4v) is 8.53. The highest BCUT2D eigenvalue weighted by atomic mass is 16.7. The number of hydrogen-bond acceptors (Lipinski definition) is 7. The van der Waals surface area contributed by atoms with Gasteiger partial charge in [0.1, 0.15) is 0 Å². The Labute approximate surface area is 229 Å². The van der Waals surface area contributed by atoms with Gasteiger partial charge in [0, 0.05) is 31.0 Å². The number of fused-ring (bicyclic) bond motifs is 3. The normalized spacial score (nSPS) is 44.7. The Bertz CT molecular complexity index is 903. The molecule has 2 aliphatic heterocycles. The number of hydrogen-bond donors (Lipinski definition) is 3. The van der Waals surface area contributed by atoms with Gasteiger partial charge in [0.2, 0.25) is 0 Å². The second-order valence-corrected chi connectivity index (χ2v) is 13.1. The van der Waals surface area contributed by atoms with E-state index in [0.717, 1.165) is 45.1 Å². The molecular weight excluding hydrogens is 482 g/mol. The van der Waals surface area contributed by atoms with Crippen LogP contribution in [0.25, 0.3) is 0 Å². The number of aliphatic hydroxyl groups is 2. The second-order valence-electron chi connectivity index (χ2n) is 13.1. The molecule has 0 aromatic rings. The first-order chi connectivity index (χ1) is 18.2. The SMILES string of the molecule is COC[C@H]1CC[C@@H]2C1=C[C@@]1(C)CCC(C(C)C)=C1[C@@H]([C@H]1O[C@@H]3CO[C@@H](OCCCCN)[C@@H]3[C@H]1O)[C@H](O)[C@@H]2C. The molecule has 4 N–H and O–H groups in total. The molecule has 5 aliphatic rings. The Hall–Kier alpha value is -0.800. The maximum atomic E-state index is 12.2. The van der Waals surface area contributed by atoms with E-state index in [9.17, 15) is 10.2 Å². The summed E-state index contributed by atoms with van der Waals surface area (Å²) in [7, 11) is 1.79. The molecule has 2 heterocycles. The largest absolute Gasteiger partial charge is 0.392 e. The Balaban J connectivity index is 1.50. The van der Waals surface area contributed by atoms with Gasteiger partial charge in [-0.25, -0.2) is 0 Å². The molecular formula is C31H51NO6. The number of allylic oxidation sites excluding steroid dienone is 2. The van der Waals surface area contributed by atoms with Crippen LogP contribution >= 0.6 is 0 Å². The Morgan fingerprint density at radius 3 is 2.68 bits per heavy atom. The summed E-state index contributed by atoms with van der Waals surface area (Å²) in [5, 5.41) is 24.0. The molecule has 0 radical (unpaired) electrons. The highest BCUT2D eigenvalue weighted by Gasteiger charge is 2.59. The molecule has 3 fully saturated rings. The third kappa shape index (κ3) is 4.95. The molecule has 0 aromatic carbocycles. The molecule has 0 unspecified atom stereocenters. The zero-order valence-electron chi connectivity index (χ0n) is 24.1. The van der Waals surface area contributed by atoms with Crippen molar-refractivity contribution in [2.24, 2.45) is 46.7 Å². The van der Waals surface area contributed by atoms with Gasteiger partial charge in [-0.1, -0.05) is 50.5 Å². The first-order valence-electron chi connectivity index (χ1n) is 15.1. The second kappa shape index (κ2) is 11.6. The molecule has 0 amide bonds. The quantitative estimate of drug-likeness (QED) is 0.306. The van der Waals surface area contributed by atoms with Crippen molar-refractivity contribution in [1.29, 1.82) is 0 Å². The lowest BCUT2D eigenvalue weighted by Gasteiger charge is -2.45. The van der Waals surface area contributed by atoms with Crippen molar-refractivity contribution in [3.8, 4) is 0 Å². The molecule has 216 valence electrons. The van der Waals surface area contributed by atoms with Gasteiger partial charge in [-0.15, -0.1) is 0 Å². The maximum Gasteiger partial charge on any atom is 0.165 e. The van der Waals surface area contributed by atoms with Crippen LogP contribution < -0.4 is 5.73 Å². The van der Waals surface area contributed by atoms with Crippen LogP contribution in [-0.4, -0.2) is 74.4 Å². The molecule has 2 saturated heterocycles. The lowest BCUT2D eigenvalue weighted by atomic mass is 9.63. The van der Waals surface area contributed by atoms with Crippen molar-refractivity contribution in [3.05, 3.63) is 22.8 Å². The lowest BCUT2D eigenvalue weighted by molar-refractivity contribution is -0.159. The van der Waals surface area contributed by atoms with E-state index >= 15 is 0 Å². The van der Waals surface area contributed by atoms with Crippen LogP contribution in [0.4, 0.5) is 0 Å². The Morgan fingerprint density at radius 2 is 1.97 bits per heavy atom. The van der Waals surface area contributed by atoms with E-state index in [-0.39, 0.29) is 29.3 Å². The van der Waals surface area contributed by atoms with Crippen LogP contribution in [0, 0.1) is 40.9 Å². The van der Waals surface area contributed by atoms with E-state index in [1.54, 1.807) is 7.11 Å². The minimum atomic E-state index is -0.757. The summed E-state index contributed by atoms with van der Waals surface area (Å²) in [5.41, 5.74) is 9.69. The third-order valence-electron chi connectivity index (χ3n) is 10.5. The molecule has 1 saturated carbocycles. The Kier molecular flexibility index (Phi) is 8.76. The Morgan fingerprint density at radius 1 is 1.18 bits per heavy atom. The van der Waals surface area contributed by atoms with Gasteiger partial charge in [0.25, 0.3) is 0 Å². The van der Waals surface area contributed by atoms with Gasteiger partial charge < -0.3 is 34.9 Å². The van der Waals surface area contributed by atoms with Crippen LogP contribution in [0.15, 0.2) is 22.8 Å². The van der Waals surface area contributed by atoms with Gasteiger partial charge in [-0.05, 0) is 62.8 Å². The standard InChI is InChI=1S/C31H51NO6/c1-17(2)20-10-11-31(4)14-22-19(15-35-5)8-9-21(22)18(3)27(33)25(26(20)31)29-28(34)24-23(38-29)16-37-30(24)36-13-7-6-12-32/h14,17-19,21,23-25,27-30,33-34H,6-13,15-16,32H2,1-5H3/t18-,19-,21+,23-,24+,25-,27-,28-,29-,30-,31-/m1/s1. The van der Waals surface area contributed by atoms with Gasteiger partial charge in [-0.3, -0.25) is 0 Å². The van der Waals surface area contributed by atoms with Crippen LogP contribution in [0.3, 0.4) is 0 Å². The van der Waals surface area contributed by atoms with Crippen molar-refractivity contribution in [3.63, 3.8) is 0 Å². The average molecular weight is 534 g/mol. The minimum Gasteiger partial charge on any atom is -0.392 e. The topological polar surface area (TPSA) is 103 Å². The fraction of sp³-hybridized carbons (Fsp3) is 0.871. The van der Waals surface area contributed by atoms with E-state index in [1.807, 2.05) is 0 Å². The molecule has 5 rings (SSSR count). The van der Waals surface area contributed by atoms with Gasteiger partial charge in [0.05, 0.1) is 43.5 Å². The highest BCUT2D eigenvalue weighted by molar-refractivity contribution is 5.41. The summed E-state index contributed by atoms with van der Waals surface area (Å²) >= 11 is 0. The molecule has 0 spiro atoms. The molecule has 3 aliphatic carbocycles. The van der Waals surface area contributed by atoms with Crippen LogP contribution in [0.1, 0.15) is 66.2 Å². The molecule has 0 aromatic heterocycles. The number of methoxy groups -OCH3 is 1. The number of unbranched alkanes of at least 4 members (excludes halogenated alkanes) is 1. The van der Waals surface area contributed by atoms with Gasteiger partial charge in [0.15, 0.2) is 6.29 Å². The summed E-state index contributed by atoms with van der Waals surface area (Å²) in [6, 6.07) is 0. The van der Waals surface area contributed by atoms with Crippen molar-refractivity contribution in [2.45, 2.75) is 96.9 Å². The van der Waals surface area contributed by atoms with Gasteiger partial charge >= 0.3 is 0 Å². The van der Waals surface area contributed by atoms with Gasteiger partial charge in [-0.2, -0.15) is 0 Å². The first-order valence-corrected chi connectivity index (χ1v) is 15.1. The average Bonchev–Trinajstić information content (AvgIpc) is 3.62. The maximum absolute atomic E-state index is 12.2. The zero-order valence-corrected chi connectivity index (χ0v) is 24.1. The summed E-state index contributed by atoms with van der Waals surface area (Å²) in [6.07, 6.45) is 6.03. The number of nitrogens with two attached hydrogens (primary N) is 1. The van der Waals surface area contributed by atoms with Crippen molar-refractivity contribution < 1.29 is 29.2 Å². The lowest BCUT2D eigenvalue weighted by Crippen LogP contribution is -2.48. The first kappa shape index (κ1) is 28.7. The van der Waals surface area contributed by atoms with Crippen molar-refractivity contribution in [2.75, 3.05) is 33.5 Å². The van der Waals surface area contributed by atoms with E-state index < -0.39 is 24.6 Å². The van der Waals surface area contributed by atoms with E-state index in [2.05, 4.69) is 33.8 Å². The molecule has 11 atom stereocenters.